The number of hydrogen-bond donors (Lipinski definition) is 2. The van der Waals surface area contributed by atoms with Crippen LogP contribution in [0.5, 0.6) is 0 Å². The fourth-order valence-corrected chi connectivity index (χ4v) is 2.06. The molecular weight excluding hydrogens is 257 g/mol. The molecule has 0 fully saturated rings. The van der Waals surface area contributed by atoms with Crippen molar-refractivity contribution in [1.29, 1.82) is 0 Å². The Morgan fingerprint density at radius 3 is 2.50 bits per heavy atom. The molecule has 0 heterocycles. The first-order valence-electron chi connectivity index (χ1n) is 6.31. The van der Waals surface area contributed by atoms with E-state index in [-0.39, 0.29) is 0 Å². The van der Waals surface area contributed by atoms with Crippen molar-refractivity contribution < 1.29 is 14.3 Å². The van der Waals surface area contributed by atoms with E-state index in [1.54, 1.807) is 19.1 Å². The van der Waals surface area contributed by atoms with Gasteiger partial charge in [0.05, 0.1) is 0 Å². The third-order valence-corrected chi connectivity index (χ3v) is 3.12. The molecule has 2 aromatic carbocycles. The van der Waals surface area contributed by atoms with Gasteiger partial charge < -0.3 is 10.4 Å². The molecule has 0 spiro atoms. The summed E-state index contributed by atoms with van der Waals surface area (Å²) in [5, 5.41) is 12.4. The van der Waals surface area contributed by atoms with Gasteiger partial charge in [-0.25, -0.2) is 9.18 Å². The number of aliphatic carboxylic acids is 1. The molecule has 0 aromatic heterocycles. The maximum atomic E-state index is 13.2. The van der Waals surface area contributed by atoms with Crippen LogP contribution >= 0.6 is 0 Å². The van der Waals surface area contributed by atoms with Crippen molar-refractivity contribution in [2.24, 2.45) is 0 Å². The van der Waals surface area contributed by atoms with Crippen LogP contribution in [0.3, 0.4) is 0 Å². The zero-order valence-electron chi connectivity index (χ0n) is 11.1. The molecule has 2 rings (SSSR count). The van der Waals surface area contributed by atoms with Gasteiger partial charge >= 0.3 is 5.97 Å². The van der Waals surface area contributed by atoms with Gasteiger partial charge in [-0.15, -0.1) is 0 Å². The van der Waals surface area contributed by atoms with Crippen molar-refractivity contribution in [1.82, 2.24) is 0 Å². The van der Waals surface area contributed by atoms with Crippen LogP contribution in [0.1, 0.15) is 12.5 Å². The number of carboxylic acids is 1. The fourth-order valence-electron chi connectivity index (χ4n) is 2.06. The number of anilines is 1. The highest BCUT2D eigenvalue weighted by Gasteiger charge is 2.33. The summed E-state index contributed by atoms with van der Waals surface area (Å²) in [6.45, 7) is 1.59. The Kier molecular flexibility index (Phi) is 4.03. The molecule has 0 saturated carbocycles. The second-order valence-corrected chi connectivity index (χ2v) is 4.93. The van der Waals surface area contributed by atoms with E-state index in [2.05, 4.69) is 5.32 Å². The van der Waals surface area contributed by atoms with Crippen LogP contribution in [0.2, 0.25) is 0 Å². The molecule has 104 valence electrons. The molecule has 0 bridgehead atoms. The molecule has 0 amide bonds. The van der Waals surface area contributed by atoms with Crippen molar-refractivity contribution in [2.75, 3.05) is 5.32 Å². The summed E-state index contributed by atoms with van der Waals surface area (Å²) in [5.74, 6) is -1.38. The summed E-state index contributed by atoms with van der Waals surface area (Å²) < 4.78 is 13.2. The Bertz CT molecular complexity index is 600. The van der Waals surface area contributed by atoms with E-state index in [1.807, 2.05) is 30.3 Å². The maximum Gasteiger partial charge on any atom is 0.329 e. The van der Waals surface area contributed by atoms with Crippen molar-refractivity contribution in [3.05, 3.63) is 66.0 Å². The summed E-state index contributed by atoms with van der Waals surface area (Å²) in [4.78, 5) is 11.6. The summed E-state index contributed by atoms with van der Waals surface area (Å²) in [5.41, 5.74) is 0.155. The minimum atomic E-state index is -1.20. The standard InChI is InChI=1S/C16H16FNO2/c1-16(15(19)20,11-12-6-3-2-4-7-12)18-14-9-5-8-13(17)10-14/h2-10,18H,11H2,1H3,(H,19,20). The molecule has 2 aromatic rings. The minimum absolute atomic E-state index is 0.305. The quantitative estimate of drug-likeness (QED) is 0.878. The molecule has 3 nitrogen and oxygen atoms in total. The zero-order chi connectivity index (χ0) is 14.6. The molecule has 0 aliphatic carbocycles. The van der Waals surface area contributed by atoms with E-state index < -0.39 is 17.3 Å². The monoisotopic (exact) mass is 273 g/mol. The summed E-state index contributed by atoms with van der Waals surface area (Å²) >= 11 is 0. The second kappa shape index (κ2) is 5.74. The van der Waals surface area contributed by atoms with E-state index in [0.717, 1.165) is 5.56 Å². The van der Waals surface area contributed by atoms with E-state index in [1.165, 1.54) is 12.1 Å². The number of benzene rings is 2. The number of rotatable bonds is 5. The highest BCUT2D eigenvalue weighted by molar-refractivity contribution is 5.82. The predicted octanol–water partition coefficient (Wildman–Crippen LogP) is 3.32. The van der Waals surface area contributed by atoms with Gasteiger partial charge in [0.1, 0.15) is 11.4 Å². The zero-order valence-corrected chi connectivity index (χ0v) is 11.1. The molecule has 0 saturated heterocycles. The number of hydrogen-bond acceptors (Lipinski definition) is 2. The van der Waals surface area contributed by atoms with E-state index in [0.29, 0.717) is 12.1 Å². The molecule has 0 radical (unpaired) electrons. The van der Waals surface area contributed by atoms with Gasteiger partial charge in [0.15, 0.2) is 0 Å². The van der Waals surface area contributed by atoms with Crippen LogP contribution in [0.4, 0.5) is 10.1 Å². The lowest BCUT2D eigenvalue weighted by Gasteiger charge is -2.27. The van der Waals surface area contributed by atoms with Gasteiger partial charge in [-0.2, -0.15) is 0 Å². The molecule has 0 aliphatic rings. The molecular formula is C16H16FNO2. The fraction of sp³-hybridized carbons (Fsp3) is 0.188. The summed E-state index contributed by atoms with van der Waals surface area (Å²) in [6, 6.07) is 15.1. The topological polar surface area (TPSA) is 49.3 Å². The second-order valence-electron chi connectivity index (χ2n) is 4.93. The maximum absolute atomic E-state index is 13.2. The van der Waals surface area contributed by atoms with Crippen LogP contribution in [0.15, 0.2) is 54.6 Å². The normalized spacial score (nSPS) is 13.5. The van der Waals surface area contributed by atoms with E-state index in [9.17, 15) is 14.3 Å². The van der Waals surface area contributed by atoms with Crippen LogP contribution in [-0.2, 0) is 11.2 Å². The lowest BCUT2D eigenvalue weighted by atomic mass is 9.92. The average Bonchev–Trinajstić information content (AvgIpc) is 2.39. The molecule has 2 N–H and O–H groups in total. The van der Waals surface area contributed by atoms with Gasteiger partial charge in [0.2, 0.25) is 0 Å². The highest BCUT2D eigenvalue weighted by atomic mass is 19.1. The molecule has 20 heavy (non-hydrogen) atoms. The number of carboxylic acid groups (broad SMARTS) is 1. The van der Waals surface area contributed by atoms with E-state index >= 15 is 0 Å². The number of nitrogens with one attached hydrogen (secondary N) is 1. The lowest BCUT2D eigenvalue weighted by molar-refractivity contribution is -0.141. The lowest BCUT2D eigenvalue weighted by Crippen LogP contribution is -2.45. The Labute approximate surface area is 117 Å². The summed E-state index contributed by atoms with van der Waals surface area (Å²) in [7, 11) is 0. The molecule has 1 atom stereocenters. The Morgan fingerprint density at radius 1 is 1.20 bits per heavy atom. The van der Waals surface area contributed by atoms with Crippen LogP contribution in [0.25, 0.3) is 0 Å². The van der Waals surface area contributed by atoms with Crippen molar-refractivity contribution in [3.8, 4) is 0 Å². The van der Waals surface area contributed by atoms with Crippen LogP contribution in [0, 0.1) is 5.82 Å². The average molecular weight is 273 g/mol. The Hall–Kier alpha value is -2.36. The highest BCUT2D eigenvalue weighted by Crippen LogP contribution is 2.21. The predicted molar refractivity (Wildman–Crippen MR) is 76.2 cm³/mol. The van der Waals surface area contributed by atoms with Crippen molar-refractivity contribution in [2.45, 2.75) is 18.9 Å². The third-order valence-electron chi connectivity index (χ3n) is 3.12. The first kappa shape index (κ1) is 14.1. The van der Waals surface area contributed by atoms with Gasteiger partial charge in [0.25, 0.3) is 0 Å². The van der Waals surface area contributed by atoms with E-state index in [4.69, 9.17) is 0 Å². The molecule has 4 heteroatoms. The van der Waals surface area contributed by atoms with Crippen LogP contribution < -0.4 is 5.32 Å². The SMILES string of the molecule is CC(Cc1ccccc1)(Nc1cccc(F)c1)C(=O)O. The van der Waals surface area contributed by atoms with Gasteiger partial charge in [-0.1, -0.05) is 36.4 Å². The van der Waals surface area contributed by atoms with Crippen LogP contribution in [-0.4, -0.2) is 16.6 Å². The Morgan fingerprint density at radius 2 is 1.90 bits per heavy atom. The number of carbonyl (C=O) groups is 1. The summed E-state index contributed by atoms with van der Waals surface area (Å²) in [6.07, 6.45) is 0.305. The van der Waals surface area contributed by atoms with Gasteiger partial charge in [0, 0.05) is 12.1 Å². The smallest absolute Gasteiger partial charge is 0.329 e. The minimum Gasteiger partial charge on any atom is -0.480 e. The molecule has 0 aliphatic heterocycles. The molecule has 1 unspecified atom stereocenters. The Balaban J connectivity index is 2.23. The van der Waals surface area contributed by atoms with Crippen molar-refractivity contribution in [3.63, 3.8) is 0 Å². The first-order chi connectivity index (χ1) is 9.49. The number of halogens is 1. The largest absolute Gasteiger partial charge is 0.480 e. The third kappa shape index (κ3) is 3.35. The van der Waals surface area contributed by atoms with Gasteiger partial charge in [-0.05, 0) is 30.7 Å². The first-order valence-corrected chi connectivity index (χ1v) is 6.31. The van der Waals surface area contributed by atoms with Crippen molar-refractivity contribution >= 4 is 11.7 Å². The van der Waals surface area contributed by atoms with Gasteiger partial charge in [-0.3, -0.25) is 0 Å².